The Morgan fingerprint density at radius 2 is 2.04 bits per heavy atom. The highest BCUT2D eigenvalue weighted by Crippen LogP contribution is 2.43. The molecule has 1 spiro atoms. The SMILES string of the molecule is c1ccc(NCC[C@@H]2CCOC23CN(C2CCOCC2)C3)nc1. The van der Waals surface area contributed by atoms with E-state index in [1.165, 1.54) is 19.3 Å². The zero-order valence-electron chi connectivity index (χ0n) is 13.7. The summed E-state index contributed by atoms with van der Waals surface area (Å²) in [6, 6.07) is 6.71. The third kappa shape index (κ3) is 3.23. The zero-order chi connectivity index (χ0) is 15.5. The Labute approximate surface area is 138 Å². The summed E-state index contributed by atoms with van der Waals surface area (Å²) in [7, 11) is 0. The number of ether oxygens (including phenoxy) is 2. The van der Waals surface area contributed by atoms with Crippen molar-refractivity contribution in [1.29, 1.82) is 0 Å². The molecule has 0 aliphatic carbocycles. The van der Waals surface area contributed by atoms with Crippen molar-refractivity contribution in [3.05, 3.63) is 24.4 Å². The summed E-state index contributed by atoms with van der Waals surface area (Å²) >= 11 is 0. The molecule has 3 fully saturated rings. The van der Waals surface area contributed by atoms with Crippen LogP contribution in [0.25, 0.3) is 0 Å². The molecule has 0 unspecified atom stereocenters. The van der Waals surface area contributed by atoms with E-state index in [0.29, 0.717) is 12.0 Å². The van der Waals surface area contributed by atoms with Crippen LogP contribution in [0.1, 0.15) is 25.7 Å². The van der Waals surface area contributed by atoms with Gasteiger partial charge in [0.1, 0.15) is 5.82 Å². The summed E-state index contributed by atoms with van der Waals surface area (Å²) in [6.45, 7) is 5.98. The fourth-order valence-corrected chi connectivity index (χ4v) is 4.33. The lowest BCUT2D eigenvalue weighted by molar-refractivity contribution is -0.156. The summed E-state index contributed by atoms with van der Waals surface area (Å²) in [5.74, 6) is 1.65. The summed E-state index contributed by atoms with van der Waals surface area (Å²) in [5.41, 5.74) is 0.129. The van der Waals surface area contributed by atoms with E-state index < -0.39 is 0 Å². The van der Waals surface area contributed by atoms with Crippen LogP contribution in [0.5, 0.6) is 0 Å². The van der Waals surface area contributed by atoms with Crippen LogP contribution in [-0.4, -0.2) is 61.0 Å². The number of hydrogen-bond donors (Lipinski definition) is 1. The first-order valence-corrected chi connectivity index (χ1v) is 8.96. The minimum absolute atomic E-state index is 0.129. The topological polar surface area (TPSA) is 46.6 Å². The van der Waals surface area contributed by atoms with Crippen LogP contribution in [0.15, 0.2) is 24.4 Å². The lowest BCUT2D eigenvalue weighted by Gasteiger charge is -2.54. The average molecular weight is 317 g/mol. The van der Waals surface area contributed by atoms with Gasteiger partial charge in [-0.3, -0.25) is 4.90 Å². The molecule has 4 rings (SSSR count). The van der Waals surface area contributed by atoms with Gasteiger partial charge in [-0.25, -0.2) is 4.98 Å². The van der Waals surface area contributed by atoms with Gasteiger partial charge < -0.3 is 14.8 Å². The van der Waals surface area contributed by atoms with Crippen molar-refractivity contribution in [3.63, 3.8) is 0 Å². The van der Waals surface area contributed by atoms with E-state index in [0.717, 1.165) is 51.7 Å². The quantitative estimate of drug-likeness (QED) is 0.902. The monoisotopic (exact) mass is 317 g/mol. The van der Waals surface area contributed by atoms with E-state index >= 15 is 0 Å². The van der Waals surface area contributed by atoms with Crippen molar-refractivity contribution < 1.29 is 9.47 Å². The number of hydrogen-bond acceptors (Lipinski definition) is 5. The molecular weight excluding hydrogens is 290 g/mol. The highest BCUT2D eigenvalue weighted by Gasteiger charge is 2.53. The summed E-state index contributed by atoms with van der Waals surface area (Å²) in [4.78, 5) is 6.94. The molecule has 1 aromatic rings. The Balaban J connectivity index is 1.26. The lowest BCUT2D eigenvalue weighted by Crippen LogP contribution is -2.67. The highest BCUT2D eigenvalue weighted by atomic mass is 16.5. The molecule has 0 aromatic carbocycles. The van der Waals surface area contributed by atoms with Crippen molar-refractivity contribution in [2.45, 2.75) is 37.3 Å². The number of rotatable bonds is 5. The number of nitrogens with zero attached hydrogens (tertiary/aromatic N) is 2. The molecule has 5 nitrogen and oxygen atoms in total. The predicted octanol–water partition coefficient (Wildman–Crippen LogP) is 2.15. The Morgan fingerprint density at radius 1 is 1.17 bits per heavy atom. The van der Waals surface area contributed by atoms with Gasteiger partial charge in [0.15, 0.2) is 0 Å². The summed E-state index contributed by atoms with van der Waals surface area (Å²) in [5, 5.41) is 3.44. The molecule has 0 bridgehead atoms. The van der Waals surface area contributed by atoms with Crippen LogP contribution in [-0.2, 0) is 9.47 Å². The van der Waals surface area contributed by atoms with Crippen LogP contribution in [0.4, 0.5) is 5.82 Å². The molecule has 23 heavy (non-hydrogen) atoms. The highest BCUT2D eigenvalue weighted by molar-refractivity contribution is 5.32. The van der Waals surface area contributed by atoms with E-state index in [9.17, 15) is 0 Å². The van der Waals surface area contributed by atoms with Crippen molar-refractivity contribution >= 4 is 5.82 Å². The molecule has 1 aromatic heterocycles. The van der Waals surface area contributed by atoms with E-state index in [-0.39, 0.29) is 5.60 Å². The molecular formula is C18H27N3O2. The molecule has 126 valence electrons. The first kappa shape index (κ1) is 15.4. The normalized spacial score (nSPS) is 27.9. The number of anilines is 1. The third-order valence-corrected chi connectivity index (χ3v) is 5.71. The minimum atomic E-state index is 0.129. The van der Waals surface area contributed by atoms with Gasteiger partial charge in [0, 0.05) is 51.7 Å². The number of nitrogens with one attached hydrogen (secondary N) is 1. The molecule has 4 heterocycles. The van der Waals surface area contributed by atoms with Gasteiger partial charge in [0.25, 0.3) is 0 Å². The van der Waals surface area contributed by atoms with Crippen LogP contribution in [0.2, 0.25) is 0 Å². The van der Waals surface area contributed by atoms with Crippen molar-refractivity contribution in [2.24, 2.45) is 5.92 Å². The second-order valence-corrected chi connectivity index (χ2v) is 7.08. The molecule has 0 radical (unpaired) electrons. The van der Waals surface area contributed by atoms with Gasteiger partial charge in [-0.15, -0.1) is 0 Å². The molecule has 3 aliphatic rings. The maximum absolute atomic E-state index is 6.20. The summed E-state index contributed by atoms with van der Waals surface area (Å²) < 4.78 is 11.7. The Morgan fingerprint density at radius 3 is 2.83 bits per heavy atom. The van der Waals surface area contributed by atoms with Gasteiger partial charge in [-0.05, 0) is 43.7 Å². The Hall–Kier alpha value is -1.17. The fourth-order valence-electron chi connectivity index (χ4n) is 4.33. The van der Waals surface area contributed by atoms with Gasteiger partial charge >= 0.3 is 0 Å². The zero-order valence-corrected chi connectivity index (χ0v) is 13.7. The first-order chi connectivity index (χ1) is 11.4. The van der Waals surface area contributed by atoms with E-state index in [4.69, 9.17) is 9.47 Å². The Kier molecular flexibility index (Phi) is 4.51. The maximum Gasteiger partial charge on any atom is 0.125 e. The Bertz CT molecular complexity index is 498. The minimum Gasteiger partial charge on any atom is -0.381 e. The second kappa shape index (κ2) is 6.75. The number of likely N-dealkylation sites (tertiary alicyclic amines) is 1. The predicted molar refractivity (Wildman–Crippen MR) is 89.5 cm³/mol. The average Bonchev–Trinajstić information content (AvgIpc) is 2.99. The number of aromatic nitrogens is 1. The summed E-state index contributed by atoms with van der Waals surface area (Å²) in [6.07, 6.45) is 6.56. The van der Waals surface area contributed by atoms with Crippen LogP contribution < -0.4 is 5.32 Å². The molecule has 5 heteroatoms. The third-order valence-electron chi connectivity index (χ3n) is 5.71. The molecule has 0 amide bonds. The molecule has 3 saturated heterocycles. The van der Waals surface area contributed by atoms with Crippen LogP contribution >= 0.6 is 0 Å². The molecule has 3 aliphatic heterocycles. The van der Waals surface area contributed by atoms with Crippen molar-refractivity contribution in [2.75, 3.05) is 44.8 Å². The van der Waals surface area contributed by atoms with Crippen LogP contribution in [0, 0.1) is 5.92 Å². The van der Waals surface area contributed by atoms with E-state index in [1.807, 2.05) is 24.4 Å². The smallest absolute Gasteiger partial charge is 0.125 e. The van der Waals surface area contributed by atoms with E-state index in [2.05, 4.69) is 15.2 Å². The fraction of sp³-hybridized carbons (Fsp3) is 0.722. The lowest BCUT2D eigenvalue weighted by atomic mass is 9.77. The van der Waals surface area contributed by atoms with Crippen molar-refractivity contribution in [3.8, 4) is 0 Å². The van der Waals surface area contributed by atoms with Gasteiger partial charge in [-0.2, -0.15) is 0 Å². The first-order valence-electron chi connectivity index (χ1n) is 8.96. The van der Waals surface area contributed by atoms with Gasteiger partial charge in [0.05, 0.1) is 5.60 Å². The maximum atomic E-state index is 6.20. The molecule has 1 N–H and O–H groups in total. The van der Waals surface area contributed by atoms with Crippen LogP contribution in [0.3, 0.4) is 0 Å². The van der Waals surface area contributed by atoms with E-state index in [1.54, 1.807) is 0 Å². The van der Waals surface area contributed by atoms with Gasteiger partial charge in [-0.1, -0.05) is 6.07 Å². The second-order valence-electron chi connectivity index (χ2n) is 7.08. The number of pyridine rings is 1. The van der Waals surface area contributed by atoms with Gasteiger partial charge in [0.2, 0.25) is 0 Å². The standard InChI is InChI=1S/C18H27N3O2/c1-2-8-19-17(3-1)20-9-4-15-5-12-23-18(15)13-21(14-18)16-6-10-22-11-7-16/h1-3,8,15-16H,4-7,9-14H2,(H,19,20)/t15-/m1/s1. The van der Waals surface area contributed by atoms with Crippen molar-refractivity contribution in [1.82, 2.24) is 9.88 Å². The molecule has 1 atom stereocenters. The largest absolute Gasteiger partial charge is 0.381 e. The molecule has 0 saturated carbocycles.